The fourth-order valence-electron chi connectivity index (χ4n) is 8.85. The largest absolute Gasteiger partial charge is 0.339 e. The molecule has 260 valence electrons. The lowest BCUT2D eigenvalue weighted by molar-refractivity contribution is 0.793. The van der Waals surface area contributed by atoms with Crippen LogP contribution in [0.25, 0.3) is 45.0 Å². The van der Waals surface area contributed by atoms with E-state index in [1.54, 1.807) is 12.4 Å². The Morgan fingerprint density at radius 2 is 1.00 bits per heavy atom. The van der Waals surface area contributed by atoms with Crippen molar-refractivity contribution in [3.8, 4) is 33.6 Å². The third-order valence-electron chi connectivity index (χ3n) is 11.3. The minimum Gasteiger partial charge on any atom is -0.339 e. The van der Waals surface area contributed by atoms with Gasteiger partial charge in [0.25, 0.3) is 0 Å². The third-order valence-corrected chi connectivity index (χ3v) is 11.3. The molecule has 0 atom stereocenters. The lowest BCUT2D eigenvalue weighted by Gasteiger charge is -2.31. The van der Waals surface area contributed by atoms with Crippen LogP contribution in [-0.4, -0.2) is 24.9 Å². The van der Waals surface area contributed by atoms with Crippen LogP contribution >= 0.6 is 0 Å². The SMILES string of the molecule is C1=C(c2ccc(-n3ccnc3)cc2)N=C(c2ccc(-n3ccnc3)cc2)NC(c2ccc3c(c2)C2(c4ccccc4-c4ccccc42)c2ccccc2-3)=CC1. The Balaban J connectivity index is 1.04. The van der Waals surface area contributed by atoms with Crippen molar-refractivity contribution in [2.75, 3.05) is 0 Å². The van der Waals surface area contributed by atoms with Crippen molar-refractivity contribution >= 4 is 17.2 Å². The molecule has 0 unspecified atom stereocenters. The van der Waals surface area contributed by atoms with E-state index in [1.807, 2.05) is 34.2 Å². The van der Waals surface area contributed by atoms with Crippen LogP contribution in [0.1, 0.15) is 45.4 Å². The summed E-state index contributed by atoms with van der Waals surface area (Å²) in [6, 6.07) is 50.8. The summed E-state index contributed by atoms with van der Waals surface area (Å²) in [4.78, 5) is 13.8. The number of amidine groups is 1. The molecule has 2 aromatic heterocycles. The van der Waals surface area contributed by atoms with Gasteiger partial charge in [-0.15, -0.1) is 0 Å². The molecule has 3 heterocycles. The Labute approximate surface area is 319 Å². The Hall–Kier alpha value is -7.31. The molecule has 0 radical (unpaired) electrons. The number of aromatic nitrogens is 4. The van der Waals surface area contributed by atoms with Crippen molar-refractivity contribution in [2.45, 2.75) is 11.8 Å². The molecule has 0 saturated heterocycles. The van der Waals surface area contributed by atoms with Crippen molar-refractivity contribution < 1.29 is 0 Å². The van der Waals surface area contributed by atoms with Gasteiger partial charge in [0.1, 0.15) is 5.84 Å². The van der Waals surface area contributed by atoms with Crippen molar-refractivity contribution in [3.63, 3.8) is 0 Å². The number of fused-ring (bicyclic) bond motifs is 10. The highest BCUT2D eigenvalue weighted by Crippen LogP contribution is 2.62. The van der Waals surface area contributed by atoms with Crippen LogP contribution in [0.4, 0.5) is 0 Å². The summed E-state index contributed by atoms with van der Waals surface area (Å²) in [7, 11) is 0. The van der Waals surface area contributed by atoms with Crippen LogP contribution in [0.2, 0.25) is 0 Å². The van der Waals surface area contributed by atoms with E-state index in [9.17, 15) is 0 Å². The van der Waals surface area contributed by atoms with E-state index < -0.39 is 5.41 Å². The molecule has 1 aliphatic heterocycles. The number of hydrogen-bond donors (Lipinski definition) is 1. The predicted molar refractivity (Wildman–Crippen MR) is 220 cm³/mol. The molecule has 2 aliphatic carbocycles. The molecule has 0 saturated carbocycles. The monoisotopic (exact) mass is 706 g/mol. The molecular weight excluding hydrogens is 673 g/mol. The van der Waals surface area contributed by atoms with Gasteiger partial charge in [-0.3, -0.25) is 0 Å². The molecule has 3 aliphatic rings. The summed E-state index contributed by atoms with van der Waals surface area (Å²) in [6.45, 7) is 0. The molecule has 6 nitrogen and oxygen atoms in total. The zero-order valence-corrected chi connectivity index (χ0v) is 29.8. The topological polar surface area (TPSA) is 60.0 Å². The lowest BCUT2D eigenvalue weighted by atomic mass is 9.70. The molecule has 1 N–H and O–H groups in total. The van der Waals surface area contributed by atoms with E-state index in [0.717, 1.165) is 45.3 Å². The van der Waals surface area contributed by atoms with Crippen LogP contribution in [-0.2, 0) is 5.41 Å². The summed E-state index contributed by atoms with van der Waals surface area (Å²) < 4.78 is 4.01. The number of rotatable bonds is 5. The van der Waals surface area contributed by atoms with Gasteiger partial charge in [-0.05, 0) is 99.0 Å². The fourth-order valence-corrected chi connectivity index (χ4v) is 8.85. The second-order valence-corrected chi connectivity index (χ2v) is 14.2. The van der Waals surface area contributed by atoms with Gasteiger partial charge in [-0.1, -0.05) is 109 Å². The van der Waals surface area contributed by atoms with Gasteiger partial charge in [0.15, 0.2) is 0 Å². The van der Waals surface area contributed by atoms with Gasteiger partial charge in [0.05, 0.1) is 23.8 Å². The van der Waals surface area contributed by atoms with Crippen LogP contribution in [0, 0.1) is 0 Å². The summed E-state index contributed by atoms with van der Waals surface area (Å²) in [5, 5.41) is 3.84. The van der Waals surface area contributed by atoms with Gasteiger partial charge >= 0.3 is 0 Å². The minimum atomic E-state index is -0.409. The van der Waals surface area contributed by atoms with E-state index in [4.69, 9.17) is 4.99 Å². The zero-order valence-electron chi connectivity index (χ0n) is 29.8. The maximum atomic E-state index is 5.36. The molecule has 0 fully saturated rings. The standard InChI is InChI=1S/C49H34N6/c1-4-11-42-38(8-1)39-9-2-5-12-43(39)49(42)44-13-6-3-10-40(44)41-25-20-35(30-45(41)49)47-15-7-14-46(33-16-21-36(22-17-33)54-28-26-50-31-54)52-48(53-47)34-18-23-37(24-19-34)55-29-27-51-32-55/h1-6,8-32H,7H2,(H,52,53). The quantitative estimate of drug-likeness (QED) is 0.194. The first kappa shape index (κ1) is 31.2. The van der Waals surface area contributed by atoms with Crippen molar-refractivity contribution in [1.82, 2.24) is 24.4 Å². The number of nitrogens with one attached hydrogen (secondary N) is 1. The first-order valence-corrected chi connectivity index (χ1v) is 18.6. The Morgan fingerprint density at radius 3 is 1.55 bits per heavy atom. The molecule has 6 aromatic carbocycles. The highest BCUT2D eigenvalue weighted by atomic mass is 15.0. The van der Waals surface area contributed by atoms with Crippen molar-refractivity contribution in [2.24, 2.45) is 4.99 Å². The molecule has 11 rings (SSSR count). The van der Waals surface area contributed by atoms with Crippen LogP contribution < -0.4 is 5.32 Å². The molecular formula is C49H34N6. The van der Waals surface area contributed by atoms with Gasteiger partial charge in [0.2, 0.25) is 0 Å². The van der Waals surface area contributed by atoms with E-state index in [0.29, 0.717) is 6.42 Å². The van der Waals surface area contributed by atoms with Crippen LogP contribution in [0.15, 0.2) is 194 Å². The first-order valence-electron chi connectivity index (χ1n) is 18.6. The average molecular weight is 707 g/mol. The van der Waals surface area contributed by atoms with Gasteiger partial charge in [0, 0.05) is 53.0 Å². The summed E-state index contributed by atoms with van der Waals surface area (Å²) in [6.07, 6.45) is 16.4. The summed E-state index contributed by atoms with van der Waals surface area (Å²) in [5.74, 6) is 0.781. The second-order valence-electron chi connectivity index (χ2n) is 14.2. The number of imidazole rings is 2. The van der Waals surface area contributed by atoms with E-state index >= 15 is 0 Å². The smallest absolute Gasteiger partial charge is 0.138 e. The maximum Gasteiger partial charge on any atom is 0.138 e. The van der Waals surface area contributed by atoms with E-state index in [2.05, 4.69) is 167 Å². The summed E-state index contributed by atoms with van der Waals surface area (Å²) >= 11 is 0. The molecule has 0 bridgehead atoms. The Bertz CT molecular complexity index is 2780. The molecule has 0 amide bonds. The van der Waals surface area contributed by atoms with E-state index in [-0.39, 0.29) is 0 Å². The second kappa shape index (κ2) is 12.4. The normalized spacial score (nSPS) is 14.7. The number of hydrogen-bond acceptors (Lipinski definition) is 4. The van der Waals surface area contributed by atoms with Gasteiger partial charge < -0.3 is 14.5 Å². The zero-order chi connectivity index (χ0) is 36.3. The van der Waals surface area contributed by atoms with Crippen LogP contribution in [0.3, 0.4) is 0 Å². The van der Waals surface area contributed by atoms with Gasteiger partial charge in [-0.2, -0.15) is 0 Å². The fraction of sp³-hybridized carbons (Fsp3) is 0.0408. The number of aliphatic imine (C=N–C) groups is 1. The summed E-state index contributed by atoms with van der Waals surface area (Å²) in [5.41, 5.74) is 17.3. The number of allylic oxidation sites excluding steroid dienone is 2. The average Bonchev–Trinajstić information content (AvgIpc) is 4.06. The first-order chi connectivity index (χ1) is 27.3. The van der Waals surface area contributed by atoms with Crippen molar-refractivity contribution in [3.05, 3.63) is 228 Å². The Kier molecular flexibility index (Phi) is 7.04. The number of benzene rings is 6. The predicted octanol–water partition coefficient (Wildman–Crippen LogP) is 10.2. The van der Waals surface area contributed by atoms with E-state index in [1.165, 1.54) is 44.5 Å². The third kappa shape index (κ3) is 4.85. The minimum absolute atomic E-state index is 0.409. The highest BCUT2D eigenvalue weighted by molar-refractivity contribution is 6.06. The lowest BCUT2D eigenvalue weighted by Crippen LogP contribution is -2.27. The van der Waals surface area contributed by atoms with Gasteiger partial charge in [-0.25, -0.2) is 15.0 Å². The molecule has 55 heavy (non-hydrogen) atoms. The highest BCUT2D eigenvalue weighted by Gasteiger charge is 2.51. The molecule has 8 aromatic rings. The Morgan fingerprint density at radius 1 is 0.491 bits per heavy atom. The molecule has 1 spiro atoms. The van der Waals surface area contributed by atoms with Crippen LogP contribution in [0.5, 0.6) is 0 Å². The van der Waals surface area contributed by atoms with Crippen molar-refractivity contribution in [1.29, 1.82) is 0 Å². The number of nitrogens with zero attached hydrogens (tertiary/aromatic N) is 5. The maximum absolute atomic E-state index is 5.36. The molecule has 6 heteroatoms.